The standard InChI is InChI=1S/C18H24FN5O2.C13H15FN6.CH4/c1-4-12(3)17(21-14-8-6-13(19)7-9-14)23-18(16(5-2)24(25)26)22-15-10-20-11-15;14-8-1-3-9(4-2-8)19-13-17-7-11(15)12(20-13)18-10-5-16-6-10;/h5-9,15,20-21H,4,10-11H2,1-3H3,(H,22,23);1-4,7,10,16H,5-6,15H2,(H2,17,18,19,20);1H4/b16-5+,17-12+;;. The van der Waals surface area contributed by atoms with Crippen molar-refractivity contribution in [1.29, 1.82) is 0 Å². The van der Waals surface area contributed by atoms with Crippen molar-refractivity contribution in [3.8, 4) is 0 Å². The molecule has 2 saturated heterocycles. The fourth-order valence-electron chi connectivity index (χ4n) is 4.07. The van der Waals surface area contributed by atoms with Gasteiger partial charge in [0.05, 0.1) is 28.9 Å². The summed E-state index contributed by atoms with van der Waals surface area (Å²) in [6.07, 6.45) is 3.71. The lowest BCUT2D eigenvalue weighted by molar-refractivity contribution is -0.415. The van der Waals surface area contributed by atoms with Crippen LogP contribution in [0.3, 0.4) is 0 Å². The summed E-state index contributed by atoms with van der Waals surface area (Å²) >= 11 is 0. The van der Waals surface area contributed by atoms with Gasteiger partial charge in [-0.1, -0.05) is 14.4 Å². The third-order valence-electron chi connectivity index (χ3n) is 7.14. The quantitative estimate of drug-likeness (QED) is 0.0643. The monoisotopic (exact) mass is 651 g/mol. The van der Waals surface area contributed by atoms with E-state index in [0.29, 0.717) is 53.8 Å². The van der Waals surface area contributed by atoms with Crippen LogP contribution in [-0.2, 0) is 0 Å². The summed E-state index contributed by atoms with van der Waals surface area (Å²) in [5.41, 5.74) is 8.62. The highest BCUT2D eigenvalue weighted by molar-refractivity contribution is 5.97. The van der Waals surface area contributed by atoms with Gasteiger partial charge in [0.2, 0.25) is 11.8 Å². The zero-order chi connectivity index (χ0) is 33.1. The summed E-state index contributed by atoms with van der Waals surface area (Å²) < 4.78 is 26.0. The number of amidine groups is 1. The molecule has 0 unspecified atom stereocenters. The fraction of sp³-hybridized carbons (Fsp3) is 0.344. The van der Waals surface area contributed by atoms with Crippen LogP contribution in [0.1, 0.15) is 34.6 Å². The number of nitrogens with zero attached hydrogens (tertiary/aromatic N) is 4. The Morgan fingerprint density at radius 2 is 1.66 bits per heavy atom. The molecule has 3 heterocycles. The van der Waals surface area contributed by atoms with Gasteiger partial charge in [-0.05, 0) is 80.4 Å². The van der Waals surface area contributed by atoms with E-state index in [0.717, 1.165) is 25.1 Å². The zero-order valence-corrected chi connectivity index (χ0v) is 25.9. The largest absolute Gasteiger partial charge is 0.394 e. The molecule has 0 amide bonds. The van der Waals surface area contributed by atoms with Gasteiger partial charge in [0.1, 0.15) is 17.5 Å². The van der Waals surface area contributed by atoms with E-state index >= 15 is 0 Å². The Hall–Kier alpha value is -5.15. The lowest BCUT2D eigenvalue weighted by Gasteiger charge is -2.28. The van der Waals surface area contributed by atoms with Crippen molar-refractivity contribution in [2.45, 2.75) is 46.7 Å². The topological polar surface area (TPSA) is 179 Å². The molecule has 2 aliphatic rings. The fourth-order valence-corrected chi connectivity index (χ4v) is 4.07. The predicted molar refractivity (Wildman–Crippen MR) is 184 cm³/mol. The molecule has 0 aliphatic carbocycles. The number of nitrogens with one attached hydrogen (secondary N) is 6. The van der Waals surface area contributed by atoms with E-state index in [1.165, 1.54) is 30.3 Å². The van der Waals surface area contributed by atoms with Gasteiger partial charge in [0.25, 0.3) is 0 Å². The van der Waals surface area contributed by atoms with Crippen LogP contribution in [-0.4, -0.2) is 59.0 Å². The van der Waals surface area contributed by atoms with Crippen molar-refractivity contribution < 1.29 is 13.7 Å². The molecule has 0 bridgehead atoms. The molecule has 0 saturated carbocycles. The number of aromatic nitrogens is 2. The number of nitro groups is 1. The van der Waals surface area contributed by atoms with Crippen LogP contribution in [0.4, 0.5) is 37.6 Å². The maximum absolute atomic E-state index is 13.1. The minimum Gasteiger partial charge on any atom is -0.394 e. The van der Waals surface area contributed by atoms with Gasteiger partial charge in [-0.2, -0.15) is 4.98 Å². The molecule has 252 valence electrons. The molecule has 0 spiro atoms. The minimum atomic E-state index is -0.450. The van der Waals surface area contributed by atoms with Crippen molar-refractivity contribution in [3.63, 3.8) is 0 Å². The van der Waals surface area contributed by atoms with Gasteiger partial charge < -0.3 is 37.6 Å². The highest BCUT2D eigenvalue weighted by Gasteiger charge is 2.24. The lowest BCUT2D eigenvalue weighted by Crippen LogP contribution is -2.51. The Labute approximate surface area is 273 Å². The van der Waals surface area contributed by atoms with E-state index in [9.17, 15) is 18.9 Å². The Balaban J connectivity index is 0.000000257. The van der Waals surface area contributed by atoms with Crippen LogP contribution in [0.2, 0.25) is 0 Å². The number of benzene rings is 2. The molecule has 3 aromatic rings. The van der Waals surface area contributed by atoms with Crippen molar-refractivity contribution in [1.82, 2.24) is 25.9 Å². The van der Waals surface area contributed by atoms with Gasteiger partial charge in [0, 0.05) is 37.6 Å². The highest BCUT2D eigenvalue weighted by Crippen LogP contribution is 2.20. The van der Waals surface area contributed by atoms with Crippen molar-refractivity contribution in [3.05, 3.63) is 99.6 Å². The molecule has 0 atom stereocenters. The zero-order valence-electron chi connectivity index (χ0n) is 25.9. The maximum atomic E-state index is 13.1. The number of nitrogens with two attached hydrogens (primary N) is 1. The molecule has 1 aromatic heterocycles. The summed E-state index contributed by atoms with van der Waals surface area (Å²) in [6, 6.07) is 12.3. The molecule has 8 N–H and O–H groups in total. The summed E-state index contributed by atoms with van der Waals surface area (Å²) in [5.74, 6) is 1.23. The van der Waals surface area contributed by atoms with E-state index < -0.39 is 4.92 Å². The van der Waals surface area contributed by atoms with Crippen LogP contribution in [0.25, 0.3) is 0 Å². The summed E-state index contributed by atoms with van der Waals surface area (Å²) in [7, 11) is 0. The predicted octanol–water partition coefficient (Wildman–Crippen LogP) is 4.98. The number of aliphatic imine (C=N–C) groups is 1. The molecular formula is C32H43F2N11O2. The van der Waals surface area contributed by atoms with Gasteiger partial charge in [-0.25, -0.2) is 13.8 Å². The number of anilines is 5. The van der Waals surface area contributed by atoms with Gasteiger partial charge >= 0.3 is 5.70 Å². The van der Waals surface area contributed by atoms with Gasteiger partial charge in [-0.15, -0.1) is 0 Å². The van der Waals surface area contributed by atoms with Crippen molar-refractivity contribution >= 4 is 34.7 Å². The molecule has 5 rings (SSSR count). The third kappa shape index (κ3) is 10.7. The number of hydrogen-bond donors (Lipinski definition) is 7. The van der Waals surface area contributed by atoms with E-state index in [4.69, 9.17) is 5.73 Å². The number of halogens is 2. The normalized spacial score (nSPS) is 15.4. The summed E-state index contributed by atoms with van der Waals surface area (Å²) in [5, 5.41) is 30.2. The average Bonchev–Trinajstić information content (AvgIpc) is 3.00. The molecule has 47 heavy (non-hydrogen) atoms. The van der Waals surface area contributed by atoms with E-state index in [-0.39, 0.29) is 36.6 Å². The van der Waals surface area contributed by atoms with Crippen LogP contribution in [0, 0.1) is 21.7 Å². The third-order valence-corrected chi connectivity index (χ3v) is 7.14. The van der Waals surface area contributed by atoms with E-state index in [1.54, 1.807) is 37.4 Å². The highest BCUT2D eigenvalue weighted by atomic mass is 19.1. The molecule has 0 radical (unpaired) electrons. The second kappa shape index (κ2) is 17.5. The molecule has 2 fully saturated rings. The Morgan fingerprint density at radius 1 is 1.06 bits per heavy atom. The maximum Gasteiger partial charge on any atom is 0.307 e. The number of hydrogen-bond acceptors (Lipinski definition) is 11. The first-order chi connectivity index (χ1) is 22.1. The number of rotatable bonds is 11. The first kappa shape index (κ1) is 36.3. The Morgan fingerprint density at radius 3 is 2.15 bits per heavy atom. The summed E-state index contributed by atoms with van der Waals surface area (Å²) in [4.78, 5) is 23.9. The Bertz CT molecular complexity index is 1570. The number of nitrogen functional groups attached to an aromatic ring is 1. The van der Waals surface area contributed by atoms with Gasteiger partial charge in [-0.3, -0.25) is 15.1 Å². The second-order valence-corrected chi connectivity index (χ2v) is 10.6. The second-order valence-electron chi connectivity index (χ2n) is 10.6. The van der Waals surface area contributed by atoms with E-state index in [2.05, 4.69) is 46.9 Å². The lowest BCUT2D eigenvalue weighted by atomic mass is 10.2. The van der Waals surface area contributed by atoms with E-state index in [1.807, 2.05) is 13.8 Å². The van der Waals surface area contributed by atoms with Crippen LogP contribution < -0.4 is 37.6 Å². The minimum absolute atomic E-state index is 0. The molecule has 2 aromatic carbocycles. The first-order valence-electron chi connectivity index (χ1n) is 14.9. The SMILES string of the molecule is C.C/C=C(\C(=NC1CNC1)N/C(Nc1ccc(F)cc1)=C(\C)CC)[N+](=O)[O-].Nc1cnc(Nc2ccc(F)cc2)nc1NC1CNC1. The molecule has 2 aliphatic heterocycles. The van der Waals surface area contributed by atoms with Crippen LogP contribution >= 0.6 is 0 Å². The Kier molecular flexibility index (Phi) is 13.5. The first-order valence-corrected chi connectivity index (χ1v) is 14.9. The van der Waals surface area contributed by atoms with Crippen LogP contribution in [0.15, 0.2) is 82.9 Å². The average molecular weight is 652 g/mol. The van der Waals surface area contributed by atoms with Crippen molar-refractivity contribution in [2.75, 3.05) is 47.9 Å². The molecule has 15 heteroatoms. The molecular weight excluding hydrogens is 608 g/mol. The smallest absolute Gasteiger partial charge is 0.307 e. The van der Waals surface area contributed by atoms with Crippen molar-refractivity contribution in [2.24, 2.45) is 4.99 Å². The van der Waals surface area contributed by atoms with Gasteiger partial charge in [0.15, 0.2) is 5.82 Å². The number of allylic oxidation sites excluding steroid dienone is 2. The summed E-state index contributed by atoms with van der Waals surface area (Å²) in [6.45, 7) is 8.68. The van der Waals surface area contributed by atoms with Crippen LogP contribution in [0.5, 0.6) is 0 Å². The molecule has 13 nitrogen and oxygen atoms in total.